The van der Waals surface area contributed by atoms with Crippen molar-refractivity contribution in [2.75, 3.05) is 6.61 Å². The second-order valence-corrected chi connectivity index (χ2v) is 6.57. The topological polar surface area (TPSA) is 80.6 Å². The van der Waals surface area contributed by atoms with Gasteiger partial charge in [-0.3, -0.25) is 4.98 Å². The molecule has 1 aromatic heterocycles. The van der Waals surface area contributed by atoms with E-state index in [1.165, 1.54) is 0 Å². The van der Waals surface area contributed by atoms with Crippen LogP contribution in [0.1, 0.15) is 25.0 Å². The van der Waals surface area contributed by atoms with Gasteiger partial charge in [0.25, 0.3) is 0 Å². The Morgan fingerprint density at radius 1 is 1.17 bits per heavy atom. The van der Waals surface area contributed by atoms with E-state index in [2.05, 4.69) is 14.9 Å². The number of nitrogens with zero attached hydrogens (tertiary/aromatic N) is 2. The highest BCUT2D eigenvalue weighted by molar-refractivity contribution is 7.89. The number of nitrogens with one attached hydrogen (secondary N) is 1. The van der Waals surface area contributed by atoms with Gasteiger partial charge in [-0.15, -0.1) is 0 Å². The first-order valence-corrected chi connectivity index (χ1v) is 8.67. The fourth-order valence-corrected chi connectivity index (χ4v) is 2.87. The van der Waals surface area contributed by atoms with Crippen molar-refractivity contribution in [2.24, 2.45) is 5.16 Å². The van der Waals surface area contributed by atoms with Gasteiger partial charge in [-0.05, 0) is 49.2 Å². The highest BCUT2D eigenvalue weighted by atomic mass is 32.2. The van der Waals surface area contributed by atoms with Crippen molar-refractivity contribution in [3.8, 4) is 0 Å². The average molecular weight is 333 g/mol. The molecule has 1 heterocycles. The van der Waals surface area contributed by atoms with Crippen molar-refractivity contribution >= 4 is 15.7 Å². The van der Waals surface area contributed by atoms with Crippen LogP contribution >= 0.6 is 0 Å². The predicted molar refractivity (Wildman–Crippen MR) is 88.5 cm³/mol. The quantitative estimate of drug-likeness (QED) is 0.623. The van der Waals surface area contributed by atoms with Gasteiger partial charge in [0.15, 0.2) is 0 Å². The first kappa shape index (κ1) is 17.1. The van der Waals surface area contributed by atoms with Crippen molar-refractivity contribution in [1.29, 1.82) is 0 Å². The molecule has 2 aromatic rings. The van der Waals surface area contributed by atoms with E-state index in [-0.39, 0.29) is 11.4 Å². The summed E-state index contributed by atoms with van der Waals surface area (Å²) in [6.45, 7) is 4.36. The lowest BCUT2D eigenvalue weighted by molar-refractivity contribution is 0.159. The highest BCUT2D eigenvalue weighted by Gasteiger charge is 2.13. The molecule has 6 nitrogen and oxygen atoms in total. The molecule has 0 spiro atoms. The van der Waals surface area contributed by atoms with Crippen molar-refractivity contribution in [1.82, 2.24) is 9.71 Å². The molecule has 0 atom stereocenters. The van der Waals surface area contributed by atoms with E-state index in [1.807, 2.05) is 6.92 Å². The summed E-state index contributed by atoms with van der Waals surface area (Å²) in [6, 6.07) is 10.0. The highest BCUT2D eigenvalue weighted by Crippen LogP contribution is 2.12. The molecule has 122 valence electrons. The minimum atomic E-state index is -3.56. The molecular formula is C16H19N3O3S. The van der Waals surface area contributed by atoms with Gasteiger partial charge in [0.2, 0.25) is 10.0 Å². The van der Waals surface area contributed by atoms with Gasteiger partial charge < -0.3 is 4.84 Å². The summed E-state index contributed by atoms with van der Waals surface area (Å²) in [7, 11) is -3.56. The van der Waals surface area contributed by atoms with Gasteiger partial charge in [0.1, 0.15) is 6.61 Å². The first-order valence-electron chi connectivity index (χ1n) is 7.18. The van der Waals surface area contributed by atoms with Crippen LogP contribution in [0, 0.1) is 0 Å². The molecule has 0 radical (unpaired) electrons. The van der Waals surface area contributed by atoms with Crippen LogP contribution in [-0.4, -0.2) is 25.7 Å². The standard InChI is InChI=1S/C16H19N3O3S/c1-3-22-19-13(2)15-4-6-16(7-5-15)23(20,21)18-12-14-8-10-17-11-9-14/h4-11,18H,3,12H2,1-2H3. The van der Waals surface area contributed by atoms with Crippen LogP contribution in [0.4, 0.5) is 0 Å². The summed E-state index contributed by atoms with van der Waals surface area (Å²) in [5.41, 5.74) is 2.35. The minimum Gasteiger partial charge on any atom is -0.396 e. The Balaban J connectivity index is 2.08. The van der Waals surface area contributed by atoms with E-state index in [1.54, 1.807) is 55.7 Å². The molecule has 0 unspecified atom stereocenters. The number of aromatic nitrogens is 1. The molecule has 0 aliphatic carbocycles. The van der Waals surface area contributed by atoms with Gasteiger partial charge in [-0.2, -0.15) is 0 Å². The van der Waals surface area contributed by atoms with E-state index >= 15 is 0 Å². The second kappa shape index (κ2) is 7.85. The Morgan fingerprint density at radius 2 is 1.83 bits per heavy atom. The molecule has 1 aromatic carbocycles. The maximum atomic E-state index is 12.3. The van der Waals surface area contributed by atoms with Crippen molar-refractivity contribution < 1.29 is 13.3 Å². The van der Waals surface area contributed by atoms with E-state index in [4.69, 9.17) is 4.84 Å². The lowest BCUT2D eigenvalue weighted by atomic mass is 10.1. The zero-order valence-electron chi connectivity index (χ0n) is 13.1. The number of oxime groups is 1. The number of pyridine rings is 1. The van der Waals surface area contributed by atoms with E-state index in [0.29, 0.717) is 12.3 Å². The summed E-state index contributed by atoms with van der Waals surface area (Å²) < 4.78 is 27.1. The SMILES string of the molecule is CCON=C(C)c1ccc(S(=O)(=O)NCc2ccncc2)cc1. The smallest absolute Gasteiger partial charge is 0.240 e. The Morgan fingerprint density at radius 3 is 2.43 bits per heavy atom. The third-order valence-corrected chi connectivity index (χ3v) is 4.55. The van der Waals surface area contributed by atoms with Crippen LogP contribution in [0.2, 0.25) is 0 Å². The van der Waals surface area contributed by atoms with Crippen LogP contribution in [-0.2, 0) is 21.4 Å². The van der Waals surface area contributed by atoms with Crippen LogP contribution in [0.5, 0.6) is 0 Å². The monoisotopic (exact) mass is 333 g/mol. The largest absolute Gasteiger partial charge is 0.396 e. The van der Waals surface area contributed by atoms with E-state index in [9.17, 15) is 8.42 Å². The second-order valence-electron chi connectivity index (χ2n) is 4.80. The van der Waals surface area contributed by atoms with Crippen molar-refractivity contribution in [3.05, 3.63) is 59.9 Å². The molecule has 0 bridgehead atoms. The Hall–Kier alpha value is -2.25. The molecule has 0 aliphatic rings. The molecule has 7 heteroatoms. The van der Waals surface area contributed by atoms with Crippen LogP contribution in [0.25, 0.3) is 0 Å². The van der Waals surface area contributed by atoms with Gasteiger partial charge >= 0.3 is 0 Å². The van der Waals surface area contributed by atoms with Crippen molar-refractivity contribution in [2.45, 2.75) is 25.3 Å². The minimum absolute atomic E-state index is 0.208. The zero-order valence-corrected chi connectivity index (χ0v) is 13.9. The van der Waals surface area contributed by atoms with Gasteiger partial charge in [0, 0.05) is 18.9 Å². The van der Waals surface area contributed by atoms with Gasteiger partial charge in [-0.1, -0.05) is 17.3 Å². The average Bonchev–Trinajstić information content (AvgIpc) is 2.59. The summed E-state index contributed by atoms with van der Waals surface area (Å²) in [5, 5.41) is 3.93. The number of hydrogen-bond acceptors (Lipinski definition) is 5. The maximum Gasteiger partial charge on any atom is 0.240 e. The van der Waals surface area contributed by atoms with Gasteiger partial charge in [0.05, 0.1) is 10.6 Å². The zero-order chi connectivity index (χ0) is 16.7. The summed E-state index contributed by atoms with van der Waals surface area (Å²) in [5.74, 6) is 0. The summed E-state index contributed by atoms with van der Waals surface area (Å²) in [6.07, 6.45) is 3.25. The Labute approximate surface area is 136 Å². The molecule has 1 N–H and O–H groups in total. The fraction of sp³-hybridized carbons (Fsp3) is 0.250. The molecule has 0 fully saturated rings. The number of rotatable bonds is 7. The van der Waals surface area contributed by atoms with Crippen molar-refractivity contribution in [3.63, 3.8) is 0 Å². The lowest BCUT2D eigenvalue weighted by Gasteiger charge is -2.08. The molecule has 0 amide bonds. The third kappa shape index (κ3) is 4.87. The first-order chi connectivity index (χ1) is 11.0. The summed E-state index contributed by atoms with van der Waals surface area (Å²) >= 11 is 0. The normalized spacial score (nSPS) is 12.2. The molecule has 23 heavy (non-hydrogen) atoms. The molecule has 0 saturated heterocycles. The summed E-state index contributed by atoms with van der Waals surface area (Å²) in [4.78, 5) is 9.09. The number of sulfonamides is 1. The van der Waals surface area contributed by atoms with E-state index in [0.717, 1.165) is 11.1 Å². The van der Waals surface area contributed by atoms with Gasteiger partial charge in [-0.25, -0.2) is 13.1 Å². The number of hydrogen-bond donors (Lipinski definition) is 1. The third-order valence-electron chi connectivity index (χ3n) is 3.13. The van der Waals surface area contributed by atoms with Crippen LogP contribution in [0.3, 0.4) is 0 Å². The molecule has 2 rings (SSSR count). The molecule has 0 aliphatic heterocycles. The number of benzene rings is 1. The van der Waals surface area contributed by atoms with Crippen LogP contribution in [0.15, 0.2) is 58.8 Å². The lowest BCUT2D eigenvalue weighted by Crippen LogP contribution is -2.23. The Bertz CT molecular complexity index is 757. The fourth-order valence-electron chi connectivity index (χ4n) is 1.85. The molecule has 0 saturated carbocycles. The molecular weight excluding hydrogens is 314 g/mol. The predicted octanol–water partition coefficient (Wildman–Crippen LogP) is 2.32. The maximum absolute atomic E-state index is 12.3. The van der Waals surface area contributed by atoms with Crippen LogP contribution < -0.4 is 4.72 Å². The van der Waals surface area contributed by atoms with E-state index < -0.39 is 10.0 Å². The Kier molecular flexibility index (Phi) is 5.84.